The first-order valence-electron chi connectivity index (χ1n) is 6.79. The molecule has 1 aromatic carbocycles. The van der Waals surface area contributed by atoms with Gasteiger partial charge in [-0.25, -0.2) is 0 Å². The Kier molecular flexibility index (Phi) is 4.85. The Bertz CT molecular complexity index is 404. The molecule has 0 heterocycles. The summed E-state index contributed by atoms with van der Waals surface area (Å²) >= 11 is 3.64. The molecule has 0 amide bonds. The number of fused-ring (bicyclic) bond motifs is 1. The Morgan fingerprint density at radius 1 is 1.12 bits per heavy atom. The zero-order chi connectivity index (χ0) is 12.1. The monoisotopic (exact) mass is 292 g/mol. The molecule has 0 unspecified atom stereocenters. The Labute approximate surface area is 113 Å². The third kappa shape index (κ3) is 3.22. The van der Waals surface area contributed by atoms with Crippen LogP contribution in [-0.4, -0.2) is 0 Å². The van der Waals surface area contributed by atoms with Crippen LogP contribution in [-0.2, 0) is 6.42 Å². The molecule has 1 aliphatic rings. The lowest BCUT2D eigenvalue weighted by Gasteiger charge is -2.07. The zero-order valence-corrected chi connectivity index (χ0v) is 12.2. The minimum atomic E-state index is 1.11. The lowest BCUT2D eigenvalue weighted by atomic mass is 10.0. The van der Waals surface area contributed by atoms with Crippen molar-refractivity contribution in [1.82, 2.24) is 0 Å². The predicted octanol–water partition coefficient (Wildman–Crippen LogP) is 5.75. The van der Waals surface area contributed by atoms with Gasteiger partial charge >= 0.3 is 0 Å². The molecule has 17 heavy (non-hydrogen) atoms. The van der Waals surface area contributed by atoms with E-state index in [9.17, 15) is 0 Å². The highest BCUT2D eigenvalue weighted by Crippen LogP contribution is 2.35. The highest BCUT2D eigenvalue weighted by atomic mass is 79.9. The molecule has 0 saturated carbocycles. The van der Waals surface area contributed by atoms with Crippen LogP contribution in [0.25, 0.3) is 5.57 Å². The maximum Gasteiger partial charge on any atom is 0.0216 e. The molecule has 92 valence electrons. The quantitative estimate of drug-likeness (QED) is 0.586. The Hall–Kier alpha value is -0.560. The van der Waals surface area contributed by atoms with Crippen molar-refractivity contribution in [3.05, 3.63) is 39.9 Å². The van der Waals surface area contributed by atoms with Gasteiger partial charge in [0.05, 0.1) is 0 Å². The molecular weight excluding hydrogens is 272 g/mol. The first-order chi connectivity index (χ1) is 8.33. The maximum absolute atomic E-state index is 3.64. The molecular formula is C16H21Br. The van der Waals surface area contributed by atoms with Gasteiger partial charge in [0.1, 0.15) is 0 Å². The summed E-state index contributed by atoms with van der Waals surface area (Å²) in [6, 6.07) is 6.57. The van der Waals surface area contributed by atoms with E-state index < -0.39 is 0 Å². The smallest absolute Gasteiger partial charge is 0.0216 e. The Balaban J connectivity index is 1.87. The summed E-state index contributed by atoms with van der Waals surface area (Å²) in [5.41, 5.74) is 4.53. The minimum Gasteiger partial charge on any atom is -0.0762 e. The molecule has 0 N–H and O–H groups in total. The Morgan fingerprint density at radius 2 is 1.94 bits per heavy atom. The lowest BCUT2D eigenvalue weighted by molar-refractivity contribution is 0.640. The third-order valence-corrected chi connectivity index (χ3v) is 4.31. The number of halogens is 1. The summed E-state index contributed by atoms with van der Waals surface area (Å²) < 4.78 is 1.27. The standard InChI is InChI=1S/C16H21Br/c1-2-3-4-5-6-8-13-11-12-15-14(13)9-7-10-16(15)17/h7,9-11H,2-6,8,12H2,1H3. The second-order valence-corrected chi connectivity index (χ2v) is 5.72. The number of allylic oxidation sites excluding steroid dienone is 2. The average molecular weight is 293 g/mol. The molecule has 2 rings (SSSR count). The van der Waals surface area contributed by atoms with Crippen LogP contribution in [0.5, 0.6) is 0 Å². The van der Waals surface area contributed by atoms with E-state index in [1.165, 1.54) is 54.1 Å². The van der Waals surface area contributed by atoms with Gasteiger partial charge in [-0.15, -0.1) is 0 Å². The molecule has 0 aromatic heterocycles. The fourth-order valence-corrected chi connectivity index (χ4v) is 3.09. The molecule has 0 spiro atoms. The van der Waals surface area contributed by atoms with E-state index in [0.29, 0.717) is 0 Å². The van der Waals surface area contributed by atoms with Crippen LogP contribution in [0.3, 0.4) is 0 Å². The largest absolute Gasteiger partial charge is 0.0762 e. The van der Waals surface area contributed by atoms with Gasteiger partial charge in [0.2, 0.25) is 0 Å². The van der Waals surface area contributed by atoms with Crippen molar-refractivity contribution in [1.29, 1.82) is 0 Å². The maximum atomic E-state index is 3.64. The molecule has 1 aliphatic carbocycles. The lowest BCUT2D eigenvalue weighted by Crippen LogP contribution is -1.87. The molecule has 0 saturated heterocycles. The highest BCUT2D eigenvalue weighted by Gasteiger charge is 2.15. The van der Waals surface area contributed by atoms with Gasteiger partial charge in [-0.05, 0) is 42.0 Å². The normalized spacial score (nSPS) is 13.6. The van der Waals surface area contributed by atoms with E-state index in [1.807, 2.05) is 0 Å². The molecule has 0 aliphatic heterocycles. The topological polar surface area (TPSA) is 0 Å². The van der Waals surface area contributed by atoms with Crippen LogP contribution in [0.15, 0.2) is 28.7 Å². The number of rotatable bonds is 6. The number of hydrogen-bond acceptors (Lipinski definition) is 0. The summed E-state index contributed by atoms with van der Waals surface area (Å²) in [4.78, 5) is 0. The summed E-state index contributed by atoms with van der Waals surface area (Å²) in [7, 11) is 0. The van der Waals surface area contributed by atoms with Gasteiger partial charge in [0.15, 0.2) is 0 Å². The van der Waals surface area contributed by atoms with Crippen LogP contribution < -0.4 is 0 Å². The van der Waals surface area contributed by atoms with Gasteiger partial charge in [0, 0.05) is 4.47 Å². The first-order valence-corrected chi connectivity index (χ1v) is 7.59. The van der Waals surface area contributed by atoms with Crippen LogP contribution in [0.1, 0.15) is 56.6 Å². The molecule has 1 heteroatoms. The molecule has 0 radical (unpaired) electrons. The van der Waals surface area contributed by atoms with Crippen LogP contribution in [0, 0.1) is 0 Å². The summed E-state index contributed by atoms with van der Waals surface area (Å²) in [6.07, 6.45) is 11.6. The summed E-state index contributed by atoms with van der Waals surface area (Å²) in [5, 5.41) is 0. The first kappa shape index (κ1) is 12.9. The number of benzene rings is 1. The number of hydrogen-bond donors (Lipinski definition) is 0. The van der Waals surface area contributed by atoms with Crippen LogP contribution >= 0.6 is 15.9 Å². The molecule has 0 fully saturated rings. The highest BCUT2D eigenvalue weighted by molar-refractivity contribution is 9.10. The van der Waals surface area contributed by atoms with E-state index in [-0.39, 0.29) is 0 Å². The van der Waals surface area contributed by atoms with Gasteiger partial charge in [0.25, 0.3) is 0 Å². The zero-order valence-electron chi connectivity index (χ0n) is 10.6. The average Bonchev–Trinajstić information content (AvgIpc) is 2.74. The summed E-state index contributed by atoms with van der Waals surface area (Å²) in [6.45, 7) is 2.27. The molecule has 0 atom stereocenters. The minimum absolute atomic E-state index is 1.11. The van der Waals surface area contributed by atoms with Gasteiger partial charge < -0.3 is 0 Å². The van der Waals surface area contributed by atoms with Gasteiger partial charge in [-0.2, -0.15) is 0 Å². The molecule has 1 aromatic rings. The van der Waals surface area contributed by atoms with Crippen molar-refractivity contribution in [2.45, 2.75) is 51.9 Å². The van der Waals surface area contributed by atoms with Crippen molar-refractivity contribution in [2.75, 3.05) is 0 Å². The van der Waals surface area contributed by atoms with E-state index >= 15 is 0 Å². The predicted molar refractivity (Wildman–Crippen MR) is 79.2 cm³/mol. The van der Waals surface area contributed by atoms with E-state index in [1.54, 1.807) is 5.57 Å². The van der Waals surface area contributed by atoms with E-state index in [2.05, 4.69) is 47.1 Å². The fourth-order valence-electron chi connectivity index (χ4n) is 2.56. The number of unbranched alkanes of at least 4 members (excludes halogenated alkanes) is 4. The van der Waals surface area contributed by atoms with E-state index in [0.717, 1.165) is 6.42 Å². The Morgan fingerprint density at radius 3 is 2.76 bits per heavy atom. The van der Waals surface area contributed by atoms with Crippen LogP contribution in [0.2, 0.25) is 0 Å². The van der Waals surface area contributed by atoms with Crippen molar-refractivity contribution in [2.24, 2.45) is 0 Å². The third-order valence-electron chi connectivity index (χ3n) is 3.57. The second-order valence-electron chi connectivity index (χ2n) is 4.86. The van der Waals surface area contributed by atoms with Gasteiger partial charge in [-0.1, -0.05) is 66.7 Å². The SMILES string of the molecule is CCCCCCCC1=CCc2c(Br)cccc21. The molecule has 0 bridgehead atoms. The van der Waals surface area contributed by atoms with Crippen molar-refractivity contribution in [3.63, 3.8) is 0 Å². The van der Waals surface area contributed by atoms with E-state index in [4.69, 9.17) is 0 Å². The van der Waals surface area contributed by atoms with Crippen LogP contribution in [0.4, 0.5) is 0 Å². The van der Waals surface area contributed by atoms with Crippen molar-refractivity contribution in [3.8, 4) is 0 Å². The van der Waals surface area contributed by atoms with Gasteiger partial charge in [-0.3, -0.25) is 0 Å². The van der Waals surface area contributed by atoms with Crippen molar-refractivity contribution >= 4 is 21.5 Å². The van der Waals surface area contributed by atoms with Crippen molar-refractivity contribution < 1.29 is 0 Å². The fraction of sp³-hybridized carbons (Fsp3) is 0.500. The second kappa shape index (κ2) is 6.39. The summed E-state index contributed by atoms with van der Waals surface area (Å²) in [5.74, 6) is 0. The molecule has 0 nitrogen and oxygen atoms in total.